The SMILES string of the molecule is COc1ccc(CCC(=O)OC(C)C(=O)NCc2ccc3c(c2)OCO3)cc1OC. The minimum atomic E-state index is -0.892. The largest absolute Gasteiger partial charge is 0.493 e. The Morgan fingerprint density at radius 3 is 2.50 bits per heavy atom. The third-order valence-corrected chi connectivity index (χ3v) is 4.65. The molecular weight excluding hydrogens is 390 g/mol. The maximum absolute atomic E-state index is 12.2. The molecule has 0 radical (unpaired) electrons. The molecule has 0 aromatic heterocycles. The number of hydrogen-bond donors (Lipinski definition) is 1. The Balaban J connectivity index is 1.44. The molecule has 1 unspecified atom stereocenters. The summed E-state index contributed by atoms with van der Waals surface area (Å²) in [5.74, 6) is 1.73. The van der Waals surface area contributed by atoms with Gasteiger partial charge in [0.1, 0.15) is 0 Å². The van der Waals surface area contributed by atoms with E-state index in [0.29, 0.717) is 36.0 Å². The van der Waals surface area contributed by atoms with E-state index in [4.69, 9.17) is 23.7 Å². The Bertz CT molecular complexity index is 912. The van der Waals surface area contributed by atoms with Crippen LogP contribution < -0.4 is 24.3 Å². The second-order valence-electron chi connectivity index (χ2n) is 6.73. The van der Waals surface area contributed by atoms with E-state index in [2.05, 4.69) is 5.32 Å². The van der Waals surface area contributed by atoms with Crippen molar-refractivity contribution < 1.29 is 33.3 Å². The maximum Gasteiger partial charge on any atom is 0.306 e. The Morgan fingerprint density at radius 2 is 1.73 bits per heavy atom. The first kappa shape index (κ1) is 21.3. The van der Waals surface area contributed by atoms with Crippen LogP contribution in [0.25, 0.3) is 0 Å². The van der Waals surface area contributed by atoms with Gasteiger partial charge in [0.15, 0.2) is 29.1 Å². The fourth-order valence-corrected chi connectivity index (χ4v) is 2.98. The van der Waals surface area contributed by atoms with Gasteiger partial charge >= 0.3 is 5.97 Å². The fourth-order valence-electron chi connectivity index (χ4n) is 2.98. The standard InChI is InChI=1S/C22H25NO7/c1-14(22(25)23-12-16-5-8-18-20(11-16)29-13-28-18)30-21(24)9-6-15-4-7-17(26-2)19(10-15)27-3/h4-5,7-8,10-11,14H,6,9,12-13H2,1-3H3,(H,23,25). The van der Waals surface area contributed by atoms with Crippen molar-refractivity contribution in [3.05, 3.63) is 47.5 Å². The maximum atomic E-state index is 12.2. The normalized spacial score (nSPS) is 12.8. The van der Waals surface area contributed by atoms with E-state index in [-0.39, 0.29) is 19.1 Å². The van der Waals surface area contributed by atoms with Crippen molar-refractivity contribution in [3.8, 4) is 23.0 Å². The van der Waals surface area contributed by atoms with Crippen LogP contribution in [0.5, 0.6) is 23.0 Å². The van der Waals surface area contributed by atoms with Crippen LogP contribution in [0.4, 0.5) is 0 Å². The van der Waals surface area contributed by atoms with Gasteiger partial charge in [-0.3, -0.25) is 9.59 Å². The van der Waals surface area contributed by atoms with Crippen molar-refractivity contribution in [2.45, 2.75) is 32.4 Å². The summed E-state index contributed by atoms with van der Waals surface area (Å²) < 4.78 is 26.3. The number of hydrogen-bond acceptors (Lipinski definition) is 7. The van der Waals surface area contributed by atoms with Gasteiger partial charge < -0.3 is 29.0 Å². The van der Waals surface area contributed by atoms with Gasteiger partial charge in [0, 0.05) is 13.0 Å². The molecule has 1 aliphatic heterocycles. The molecule has 0 bridgehead atoms. The summed E-state index contributed by atoms with van der Waals surface area (Å²) in [6.07, 6.45) is -0.281. The first-order valence-electron chi connectivity index (χ1n) is 9.56. The van der Waals surface area contributed by atoms with Crippen LogP contribution >= 0.6 is 0 Å². The summed E-state index contributed by atoms with van der Waals surface area (Å²) in [5.41, 5.74) is 1.77. The van der Waals surface area contributed by atoms with Crippen LogP contribution in [-0.4, -0.2) is 39.0 Å². The first-order valence-corrected chi connectivity index (χ1v) is 9.56. The van der Waals surface area contributed by atoms with Gasteiger partial charge in [0.25, 0.3) is 5.91 Å². The molecule has 0 spiro atoms. The number of amides is 1. The average molecular weight is 415 g/mol. The van der Waals surface area contributed by atoms with Gasteiger partial charge in [-0.25, -0.2) is 0 Å². The lowest BCUT2D eigenvalue weighted by atomic mass is 10.1. The molecule has 30 heavy (non-hydrogen) atoms. The topological polar surface area (TPSA) is 92.3 Å². The Labute approximate surface area is 175 Å². The first-order chi connectivity index (χ1) is 14.5. The highest BCUT2D eigenvalue weighted by Gasteiger charge is 2.19. The van der Waals surface area contributed by atoms with E-state index in [1.165, 1.54) is 0 Å². The van der Waals surface area contributed by atoms with Gasteiger partial charge in [0.2, 0.25) is 6.79 Å². The van der Waals surface area contributed by atoms with E-state index in [0.717, 1.165) is 11.1 Å². The second kappa shape index (κ2) is 9.87. The Morgan fingerprint density at radius 1 is 1.00 bits per heavy atom. The zero-order chi connectivity index (χ0) is 21.5. The summed E-state index contributed by atoms with van der Waals surface area (Å²) in [6.45, 7) is 2.04. The van der Waals surface area contributed by atoms with Crippen molar-refractivity contribution in [2.75, 3.05) is 21.0 Å². The van der Waals surface area contributed by atoms with Crippen molar-refractivity contribution in [1.82, 2.24) is 5.32 Å². The van der Waals surface area contributed by atoms with Gasteiger partial charge in [-0.2, -0.15) is 0 Å². The third-order valence-electron chi connectivity index (χ3n) is 4.65. The van der Waals surface area contributed by atoms with Crippen LogP contribution in [0.2, 0.25) is 0 Å². The minimum absolute atomic E-state index is 0.148. The Hall–Kier alpha value is -3.42. The van der Waals surface area contributed by atoms with E-state index in [1.807, 2.05) is 24.3 Å². The number of benzene rings is 2. The van der Waals surface area contributed by atoms with Crippen molar-refractivity contribution in [1.29, 1.82) is 0 Å². The lowest BCUT2D eigenvalue weighted by Gasteiger charge is -2.14. The molecule has 1 aliphatic rings. The number of rotatable bonds is 9. The van der Waals surface area contributed by atoms with Crippen LogP contribution in [0.1, 0.15) is 24.5 Å². The van der Waals surface area contributed by atoms with Crippen LogP contribution in [0.3, 0.4) is 0 Å². The van der Waals surface area contributed by atoms with Crippen molar-refractivity contribution in [3.63, 3.8) is 0 Å². The molecule has 0 saturated heterocycles. The predicted octanol–water partition coefficient (Wildman–Crippen LogP) is 2.61. The van der Waals surface area contributed by atoms with E-state index >= 15 is 0 Å². The van der Waals surface area contributed by atoms with E-state index in [1.54, 1.807) is 33.3 Å². The molecule has 0 aliphatic carbocycles. The number of nitrogens with one attached hydrogen (secondary N) is 1. The zero-order valence-electron chi connectivity index (χ0n) is 17.2. The Kier molecular flexibility index (Phi) is 7.00. The molecule has 1 N–H and O–H groups in total. The number of esters is 1. The van der Waals surface area contributed by atoms with Crippen molar-refractivity contribution >= 4 is 11.9 Å². The lowest BCUT2D eigenvalue weighted by Crippen LogP contribution is -2.35. The van der Waals surface area contributed by atoms with E-state index < -0.39 is 12.1 Å². The van der Waals surface area contributed by atoms with E-state index in [9.17, 15) is 9.59 Å². The van der Waals surface area contributed by atoms with Crippen LogP contribution in [0.15, 0.2) is 36.4 Å². The molecule has 8 heteroatoms. The number of ether oxygens (including phenoxy) is 5. The number of methoxy groups -OCH3 is 2. The lowest BCUT2D eigenvalue weighted by molar-refractivity contribution is -0.154. The number of aryl methyl sites for hydroxylation is 1. The summed E-state index contributed by atoms with van der Waals surface area (Å²) in [4.78, 5) is 24.4. The monoisotopic (exact) mass is 415 g/mol. The number of carbonyl (C=O) groups is 2. The number of carbonyl (C=O) groups excluding carboxylic acids is 2. The molecule has 3 rings (SSSR count). The molecule has 2 aromatic rings. The second-order valence-corrected chi connectivity index (χ2v) is 6.73. The number of fused-ring (bicyclic) bond motifs is 1. The quantitative estimate of drug-likeness (QED) is 0.630. The smallest absolute Gasteiger partial charge is 0.306 e. The predicted molar refractivity (Wildman–Crippen MR) is 108 cm³/mol. The molecule has 0 saturated carbocycles. The van der Waals surface area contributed by atoms with Gasteiger partial charge in [-0.05, 0) is 48.7 Å². The summed E-state index contributed by atoms with van der Waals surface area (Å²) in [5, 5.41) is 2.75. The van der Waals surface area contributed by atoms with Crippen LogP contribution in [-0.2, 0) is 27.3 Å². The highest BCUT2D eigenvalue weighted by Crippen LogP contribution is 2.32. The van der Waals surface area contributed by atoms with Crippen LogP contribution in [0, 0.1) is 0 Å². The average Bonchev–Trinajstić information content (AvgIpc) is 3.23. The summed E-state index contributed by atoms with van der Waals surface area (Å²) in [6, 6.07) is 10.9. The zero-order valence-corrected chi connectivity index (χ0v) is 17.2. The summed E-state index contributed by atoms with van der Waals surface area (Å²) in [7, 11) is 3.12. The fraction of sp³-hybridized carbons (Fsp3) is 0.364. The molecule has 1 amide bonds. The molecule has 2 aromatic carbocycles. The highest BCUT2D eigenvalue weighted by atomic mass is 16.7. The molecule has 1 atom stereocenters. The summed E-state index contributed by atoms with van der Waals surface area (Å²) >= 11 is 0. The molecular formula is C22H25NO7. The molecule has 0 fully saturated rings. The van der Waals surface area contributed by atoms with Gasteiger partial charge in [0.05, 0.1) is 14.2 Å². The molecule has 8 nitrogen and oxygen atoms in total. The molecule has 1 heterocycles. The van der Waals surface area contributed by atoms with Crippen molar-refractivity contribution in [2.24, 2.45) is 0 Å². The molecule has 160 valence electrons. The van der Waals surface area contributed by atoms with Gasteiger partial charge in [-0.1, -0.05) is 12.1 Å². The minimum Gasteiger partial charge on any atom is -0.493 e. The third kappa shape index (κ3) is 5.34. The highest BCUT2D eigenvalue weighted by molar-refractivity contribution is 5.83. The van der Waals surface area contributed by atoms with Gasteiger partial charge in [-0.15, -0.1) is 0 Å².